The molecule has 0 saturated heterocycles. The molecule has 3 aromatic carbocycles. The first-order chi connectivity index (χ1) is 16.0. The van der Waals surface area contributed by atoms with E-state index in [9.17, 15) is 4.79 Å². The minimum atomic E-state index is -0.218. The minimum Gasteiger partial charge on any atom is -0.490 e. The minimum absolute atomic E-state index is 0.139. The summed E-state index contributed by atoms with van der Waals surface area (Å²) in [4.78, 5) is 12.3. The Labute approximate surface area is 204 Å². The van der Waals surface area contributed by atoms with E-state index >= 15 is 0 Å². The number of hydrazone groups is 1. The number of ether oxygens (including phenoxy) is 2. The van der Waals surface area contributed by atoms with Gasteiger partial charge in [0.25, 0.3) is 5.91 Å². The molecule has 0 aliphatic heterocycles. The molecule has 0 heterocycles. The van der Waals surface area contributed by atoms with Crippen molar-refractivity contribution in [3.8, 4) is 11.5 Å². The van der Waals surface area contributed by atoms with Crippen molar-refractivity contribution in [3.05, 3.63) is 94.5 Å². The van der Waals surface area contributed by atoms with Crippen molar-refractivity contribution in [1.29, 1.82) is 0 Å². The Morgan fingerprint density at radius 3 is 2.52 bits per heavy atom. The van der Waals surface area contributed by atoms with Crippen LogP contribution in [0.1, 0.15) is 30.5 Å². The Hall–Kier alpha value is -2.96. The van der Waals surface area contributed by atoms with E-state index in [-0.39, 0.29) is 11.2 Å². The number of hydrogen-bond donors (Lipinski definition) is 1. The van der Waals surface area contributed by atoms with Crippen LogP contribution in [0.3, 0.4) is 0 Å². The lowest BCUT2D eigenvalue weighted by Crippen LogP contribution is -2.27. The standard InChI is InChI=1S/C26H27ClN2O3S/c1-3-31-25-15-22(11-14-24(25)32-17-20-9-12-23(27)13-10-20)16-28-29-26(30)19(2)33-18-21-7-5-4-6-8-21/h4-16,19H,3,17-18H2,1-2H3,(H,29,30)/b28-16-/t19-/m0/s1. The van der Waals surface area contributed by atoms with Crippen molar-refractivity contribution in [2.24, 2.45) is 5.10 Å². The van der Waals surface area contributed by atoms with Crippen LogP contribution < -0.4 is 14.9 Å². The predicted molar refractivity (Wildman–Crippen MR) is 136 cm³/mol. The molecular formula is C26H27ClN2O3S. The van der Waals surface area contributed by atoms with Gasteiger partial charge in [0.1, 0.15) is 6.61 Å². The topological polar surface area (TPSA) is 59.9 Å². The van der Waals surface area contributed by atoms with Gasteiger partial charge in [-0.3, -0.25) is 4.79 Å². The van der Waals surface area contributed by atoms with Gasteiger partial charge in [-0.15, -0.1) is 11.8 Å². The second-order valence-electron chi connectivity index (χ2n) is 7.23. The van der Waals surface area contributed by atoms with Gasteiger partial charge in [-0.1, -0.05) is 54.1 Å². The summed E-state index contributed by atoms with van der Waals surface area (Å²) in [7, 11) is 0. The summed E-state index contributed by atoms with van der Waals surface area (Å²) in [6, 6.07) is 23.1. The number of rotatable bonds is 11. The lowest BCUT2D eigenvalue weighted by atomic mass is 10.2. The SMILES string of the molecule is CCOc1cc(/C=N\NC(=O)[C@H](C)SCc2ccccc2)ccc1OCc1ccc(Cl)cc1. The van der Waals surface area contributed by atoms with E-state index in [2.05, 4.69) is 22.7 Å². The van der Waals surface area contributed by atoms with Crippen molar-refractivity contribution in [3.63, 3.8) is 0 Å². The first kappa shape index (κ1) is 24.7. The van der Waals surface area contributed by atoms with Gasteiger partial charge >= 0.3 is 0 Å². The van der Waals surface area contributed by atoms with Crippen LogP contribution in [0.2, 0.25) is 5.02 Å². The molecule has 1 N–H and O–H groups in total. The Kier molecular flexibility index (Phi) is 9.66. The van der Waals surface area contributed by atoms with Crippen LogP contribution in [-0.2, 0) is 17.2 Å². The molecule has 1 atom stereocenters. The highest BCUT2D eigenvalue weighted by Crippen LogP contribution is 2.29. The van der Waals surface area contributed by atoms with Gasteiger partial charge in [0, 0.05) is 10.8 Å². The van der Waals surface area contributed by atoms with E-state index in [0.29, 0.717) is 29.7 Å². The molecular weight excluding hydrogens is 456 g/mol. The average molecular weight is 483 g/mol. The van der Waals surface area contributed by atoms with Crippen molar-refractivity contribution in [1.82, 2.24) is 5.43 Å². The van der Waals surface area contributed by atoms with E-state index in [1.165, 1.54) is 5.56 Å². The molecule has 0 aliphatic carbocycles. The maximum Gasteiger partial charge on any atom is 0.252 e. The summed E-state index contributed by atoms with van der Waals surface area (Å²) in [6.45, 7) is 4.70. The molecule has 0 aliphatic rings. The van der Waals surface area contributed by atoms with Crippen LogP contribution in [0.4, 0.5) is 0 Å². The van der Waals surface area contributed by atoms with Crippen LogP contribution in [0, 0.1) is 0 Å². The van der Waals surface area contributed by atoms with Crippen LogP contribution in [0.5, 0.6) is 11.5 Å². The number of halogens is 1. The van der Waals surface area contributed by atoms with Gasteiger partial charge in [-0.25, -0.2) is 5.43 Å². The zero-order valence-electron chi connectivity index (χ0n) is 18.7. The summed E-state index contributed by atoms with van der Waals surface area (Å²) in [6.07, 6.45) is 1.60. The Morgan fingerprint density at radius 2 is 1.79 bits per heavy atom. The fourth-order valence-electron chi connectivity index (χ4n) is 2.87. The van der Waals surface area contributed by atoms with Gasteiger partial charge in [-0.2, -0.15) is 5.10 Å². The summed E-state index contributed by atoms with van der Waals surface area (Å²) in [5.41, 5.74) is 5.60. The first-order valence-electron chi connectivity index (χ1n) is 10.7. The highest BCUT2D eigenvalue weighted by atomic mass is 35.5. The Balaban J connectivity index is 1.54. The summed E-state index contributed by atoms with van der Waals surface area (Å²) in [5.74, 6) is 1.89. The van der Waals surface area contributed by atoms with Gasteiger partial charge in [0.15, 0.2) is 11.5 Å². The zero-order valence-corrected chi connectivity index (χ0v) is 20.2. The fourth-order valence-corrected chi connectivity index (χ4v) is 3.83. The van der Waals surface area contributed by atoms with E-state index in [1.54, 1.807) is 18.0 Å². The number of carbonyl (C=O) groups excluding carboxylic acids is 1. The number of hydrogen-bond acceptors (Lipinski definition) is 5. The van der Waals surface area contributed by atoms with Gasteiger partial charge in [0.2, 0.25) is 0 Å². The molecule has 5 nitrogen and oxygen atoms in total. The maximum atomic E-state index is 12.3. The number of thioether (sulfide) groups is 1. The molecule has 0 radical (unpaired) electrons. The van der Waals surface area contributed by atoms with Crippen LogP contribution >= 0.6 is 23.4 Å². The summed E-state index contributed by atoms with van der Waals surface area (Å²) < 4.78 is 11.6. The van der Waals surface area contributed by atoms with Crippen molar-refractivity contribution in [2.75, 3.05) is 6.61 Å². The molecule has 3 rings (SSSR count). The quantitative estimate of drug-likeness (QED) is 0.265. The lowest BCUT2D eigenvalue weighted by molar-refractivity contribution is -0.120. The maximum absolute atomic E-state index is 12.3. The monoisotopic (exact) mass is 482 g/mol. The summed E-state index contributed by atoms with van der Waals surface area (Å²) in [5, 5.41) is 4.57. The van der Waals surface area contributed by atoms with Crippen molar-refractivity contribution in [2.45, 2.75) is 31.5 Å². The molecule has 3 aromatic rings. The lowest BCUT2D eigenvalue weighted by Gasteiger charge is -2.13. The molecule has 0 aromatic heterocycles. The van der Waals surface area contributed by atoms with Gasteiger partial charge in [-0.05, 0) is 60.9 Å². The summed E-state index contributed by atoms with van der Waals surface area (Å²) >= 11 is 7.50. The number of nitrogens with zero attached hydrogens (tertiary/aromatic N) is 1. The number of benzene rings is 3. The number of amides is 1. The Bertz CT molecular complexity index is 1060. The van der Waals surface area contributed by atoms with Crippen LogP contribution in [0.15, 0.2) is 77.9 Å². The van der Waals surface area contributed by atoms with Crippen molar-refractivity contribution >= 4 is 35.5 Å². The van der Waals surface area contributed by atoms with Crippen LogP contribution in [-0.4, -0.2) is 24.0 Å². The third-order valence-electron chi connectivity index (χ3n) is 4.68. The van der Waals surface area contributed by atoms with E-state index < -0.39 is 0 Å². The number of nitrogens with one attached hydrogen (secondary N) is 1. The number of carbonyl (C=O) groups is 1. The second-order valence-corrected chi connectivity index (χ2v) is 8.99. The predicted octanol–water partition coefficient (Wildman–Crippen LogP) is 6.09. The van der Waals surface area contributed by atoms with E-state index in [1.807, 2.05) is 74.5 Å². The van der Waals surface area contributed by atoms with E-state index in [4.69, 9.17) is 21.1 Å². The molecule has 0 unspecified atom stereocenters. The molecule has 0 spiro atoms. The molecule has 1 amide bonds. The van der Waals surface area contributed by atoms with Crippen LogP contribution in [0.25, 0.3) is 0 Å². The Morgan fingerprint density at radius 1 is 1.03 bits per heavy atom. The van der Waals surface area contributed by atoms with Crippen molar-refractivity contribution < 1.29 is 14.3 Å². The highest BCUT2D eigenvalue weighted by Gasteiger charge is 2.12. The molecule has 33 heavy (non-hydrogen) atoms. The van der Waals surface area contributed by atoms with E-state index in [0.717, 1.165) is 16.9 Å². The average Bonchev–Trinajstić information content (AvgIpc) is 2.84. The third kappa shape index (κ3) is 8.15. The molecule has 7 heteroatoms. The second kappa shape index (κ2) is 12.9. The third-order valence-corrected chi connectivity index (χ3v) is 6.14. The first-order valence-corrected chi connectivity index (χ1v) is 12.1. The normalized spacial score (nSPS) is 11.8. The molecule has 0 fully saturated rings. The smallest absolute Gasteiger partial charge is 0.252 e. The molecule has 172 valence electrons. The fraction of sp³-hybridized carbons (Fsp3) is 0.231. The largest absolute Gasteiger partial charge is 0.490 e. The molecule has 0 bridgehead atoms. The zero-order chi connectivity index (χ0) is 23.5. The highest BCUT2D eigenvalue weighted by molar-refractivity contribution is 7.99. The van der Waals surface area contributed by atoms with Gasteiger partial charge in [0.05, 0.1) is 18.1 Å². The van der Waals surface area contributed by atoms with Gasteiger partial charge < -0.3 is 9.47 Å². The molecule has 0 saturated carbocycles.